The minimum Gasteiger partial charge on any atom is -0.350 e. The molecule has 0 fully saturated rings. The summed E-state index contributed by atoms with van der Waals surface area (Å²) in [6, 6.07) is 5.79. The Morgan fingerprint density at radius 1 is 1.29 bits per heavy atom. The molecule has 6 heteroatoms. The zero-order valence-corrected chi connectivity index (χ0v) is 14.2. The first-order valence-corrected chi connectivity index (χ1v) is 8.47. The van der Waals surface area contributed by atoms with Gasteiger partial charge in [-0.1, -0.05) is 6.92 Å². The quantitative estimate of drug-likeness (QED) is 0.726. The van der Waals surface area contributed by atoms with Crippen molar-refractivity contribution in [2.45, 2.75) is 39.8 Å². The lowest BCUT2D eigenvalue weighted by Gasteiger charge is -2.02. The normalized spacial score (nSPS) is 11.1. The summed E-state index contributed by atoms with van der Waals surface area (Å²) in [6.45, 7) is 6.45. The third kappa shape index (κ3) is 3.32. The molecule has 1 N–H and O–H groups in total. The number of nitrogens with zero attached hydrogens (tertiary/aromatic N) is 4. The molecule has 0 unspecified atom stereocenters. The number of pyridine rings is 1. The van der Waals surface area contributed by atoms with Crippen LogP contribution in [0.4, 0.5) is 0 Å². The van der Waals surface area contributed by atoms with Gasteiger partial charge in [-0.15, -0.1) is 0 Å². The molecule has 3 heterocycles. The van der Waals surface area contributed by atoms with Gasteiger partial charge in [-0.25, -0.2) is 4.98 Å². The first-order valence-electron chi connectivity index (χ1n) is 8.47. The standard InChI is InChI=1S/C18H23N5O/c1-3-11-22-13-14(15-6-5-9-19-17(15)22)7-10-20-18(24)16-8-12-23(4-2)21-16/h5-6,8-9,12-13H,3-4,7,10-11H2,1-2H3,(H,20,24). The minimum atomic E-state index is -0.127. The van der Waals surface area contributed by atoms with Gasteiger partial charge in [0.25, 0.3) is 5.91 Å². The van der Waals surface area contributed by atoms with E-state index in [1.54, 1.807) is 10.7 Å². The molecule has 6 nitrogen and oxygen atoms in total. The van der Waals surface area contributed by atoms with Gasteiger partial charge in [0, 0.05) is 43.6 Å². The van der Waals surface area contributed by atoms with Crippen LogP contribution in [0.15, 0.2) is 36.8 Å². The second-order valence-corrected chi connectivity index (χ2v) is 5.78. The van der Waals surface area contributed by atoms with Crippen molar-refractivity contribution in [3.05, 3.63) is 48.0 Å². The van der Waals surface area contributed by atoms with Crippen molar-refractivity contribution in [1.29, 1.82) is 0 Å². The van der Waals surface area contributed by atoms with Gasteiger partial charge in [0.05, 0.1) is 0 Å². The number of fused-ring (bicyclic) bond motifs is 1. The van der Waals surface area contributed by atoms with Crippen LogP contribution >= 0.6 is 0 Å². The number of hydrogen-bond acceptors (Lipinski definition) is 3. The molecule has 0 aliphatic rings. The Balaban J connectivity index is 1.66. The fraction of sp³-hybridized carbons (Fsp3) is 0.389. The number of aromatic nitrogens is 4. The Labute approximate surface area is 141 Å². The number of nitrogens with one attached hydrogen (secondary N) is 1. The number of aryl methyl sites for hydroxylation is 2. The molecule has 3 aromatic rings. The fourth-order valence-corrected chi connectivity index (χ4v) is 2.87. The van der Waals surface area contributed by atoms with Crippen molar-refractivity contribution in [3.63, 3.8) is 0 Å². The summed E-state index contributed by atoms with van der Waals surface area (Å²) >= 11 is 0. The Bertz CT molecular complexity index is 833. The number of rotatable bonds is 7. The molecule has 0 spiro atoms. The average molecular weight is 325 g/mol. The highest BCUT2D eigenvalue weighted by Crippen LogP contribution is 2.20. The Morgan fingerprint density at radius 3 is 2.92 bits per heavy atom. The van der Waals surface area contributed by atoms with Crippen molar-refractivity contribution in [3.8, 4) is 0 Å². The van der Waals surface area contributed by atoms with E-state index >= 15 is 0 Å². The van der Waals surface area contributed by atoms with Crippen LogP contribution < -0.4 is 5.32 Å². The van der Waals surface area contributed by atoms with Gasteiger partial charge in [-0.2, -0.15) is 5.10 Å². The second-order valence-electron chi connectivity index (χ2n) is 5.78. The van der Waals surface area contributed by atoms with E-state index in [2.05, 4.69) is 39.2 Å². The SMILES string of the molecule is CCCn1cc(CCNC(=O)c2ccn(CC)n2)c2cccnc21. The molecular formula is C18H23N5O. The summed E-state index contributed by atoms with van der Waals surface area (Å²) in [6.07, 6.45) is 7.64. The zero-order chi connectivity index (χ0) is 16.9. The van der Waals surface area contributed by atoms with Crippen molar-refractivity contribution in [2.75, 3.05) is 6.54 Å². The smallest absolute Gasteiger partial charge is 0.271 e. The molecular weight excluding hydrogens is 302 g/mol. The molecule has 0 bridgehead atoms. The fourth-order valence-electron chi connectivity index (χ4n) is 2.87. The van der Waals surface area contributed by atoms with E-state index in [0.717, 1.165) is 37.0 Å². The van der Waals surface area contributed by atoms with Crippen molar-refractivity contribution >= 4 is 16.9 Å². The van der Waals surface area contributed by atoms with Crippen LogP contribution in [0.5, 0.6) is 0 Å². The van der Waals surface area contributed by atoms with Gasteiger partial charge in [0.15, 0.2) is 0 Å². The molecule has 0 radical (unpaired) electrons. The van der Waals surface area contributed by atoms with Crippen LogP contribution in [0, 0.1) is 0 Å². The lowest BCUT2D eigenvalue weighted by molar-refractivity contribution is 0.0948. The van der Waals surface area contributed by atoms with Crippen molar-refractivity contribution in [2.24, 2.45) is 0 Å². The predicted molar refractivity (Wildman–Crippen MR) is 94.0 cm³/mol. The van der Waals surface area contributed by atoms with Gasteiger partial charge in [-0.05, 0) is 43.5 Å². The highest BCUT2D eigenvalue weighted by molar-refractivity contribution is 5.92. The maximum absolute atomic E-state index is 12.1. The van der Waals surface area contributed by atoms with E-state index in [0.29, 0.717) is 12.2 Å². The Kier molecular flexibility index (Phi) is 4.93. The molecule has 126 valence electrons. The number of carbonyl (C=O) groups is 1. The number of amides is 1. The van der Waals surface area contributed by atoms with Crippen molar-refractivity contribution < 1.29 is 4.79 Å². The van der Waals surface area contributed by atoms with Crippen LogP contribution in [0.25, 0.3) is 11.0 Å². The van der Waals surface area contributed by atoms with Gasteiger partial charge < -0.3 is 9.88 Å². The van der Waals surface area contributed by atoms with Gasteiger partial charge in [0.2, 0.25) is 0 Å². The van der Waals surface area contributed by atoms with E-state index in [-0.39, 0.29) is 5.91 Å². The van der Waals surface area contributed by atoms with E-state index < -0.39 is 0 Å². The van der Waals surface area contributed by atoms with E-state index in [1.165, 1.54) is 5.56 Å². The molecule has 0 saturated heterocycles. The Hall–Kier alpha value is -2.63. The zero-order valence-electron chi connectivity index (χ0n) is 14.2. The third-order valence-corrected chi connectivity index (χ3v) is 4.06. The largest absolute Gasteiger partial charge is 0.350 e. The lowest BCUT2D eigenvalue weighted by atomic mass is 10.1. The van der Waals surface area contributed by atoms with Gasteiger partial charge in [0.1, 0.15) is 11.3 Å². The maximum Gasteiger partial charge on any atom is 0.271 e. The van der Waals surface area contributed by atoms with Crippen LogP contribution in [-0.2, 0) is 19.5 Å². The maximum atomic E-state index is 12.1. The molecule has 3 aromatic heterocycles. The summed E-state index contributed by atoms with van der Waals surface area (Å²) in [5.41, 5.74) is 2.69. The van der Waals surface area contributed by atoms with E-state index in [1.807, 2.05) is 25.4 Å². The monoisotopic (exact) mass is 325 g/mol. The molecule has 24 heavy (non-hydrogen) atoms. The number of hydrogen-bond donors (Lipinski definition) is 1. The van der Waals surface area contributed by atoms with Crippen LogP contribution in [0.1, 0.15) is 36.3 Å². The lowest BCUT2D eigenvalue weighted by Crippen LogP contribution is -2.26. The van der Waals surface area contributed by atoms with Gasteiger partial charge in [-0.3, -0.25) is 9.48 Å². The first-order chi connectivity index (χ1) is 11.7. The van der Waals surface area contributed by atoms with Crippen LogP contribution in [0.2, 0.25) is 0 Å². The molecule has 3 rings (SSSR count). The second kappa shape index (κ2) is 7.29. The van der Waals surface area contributed by atoms with Gasteiger partial charge >= 0.3 is 0 Å². The molecule has 0 saturated carbocycles. The summed E-state index contributed by atoms with van der Waals surface area (Å²) in [5.74, 6) is -0.127. The summed E-state index contributed by atoms with van der Waals surface area (Å²) < 4.78 is 3.94. The van der Waals surface area contributed by atoms with Crippen molar-refractivity contribution in [1.82, 2.24) is 24.6 Å². The topological polar surface area (TPSA) is 64.7 Å². The molecule has 0 aliphatic heterocycles. The van der Waals surface area contributed by atoms with Crippen LogP contribution in [0.3, 0.4) is 0 Å². The third-order valence-electron chi connectivity index (χ3n) is 4.06. The summed E-state index contributed by atoms with van der Waals surface area (Å²) in [5, 5.41) is 8.33. The number of carbonyl (C=O) groups excluding carboxylic acids is 1. The Morgan fingerprint density at radius 2 is 2.17 bits per heavy atom. The average Bonchev–Trinajstić information content (AvgIpc) is 3.21. The molecule has 0 aromatic carbocycles. The molecule has 0 aliphatic carbocycles. The summed E-state index contributed by atoms with van der Waals surface area (Å²) in [4.78, 5) is 16.6. The summed E-state index contributed by atoms with van der Waals surface area (Å²) in [7, 11) is 0. The highest BCUT2D eigenvalue weighted by atomic mass is 16.1. The van der Waals surface area contributed by atoms with E-state index in [9.17, 15) is 4.79 Å². The van der Waals surface area contributed by atoms with Crippen LogP contribution in [-0.4, -0.2) is 31.8 Å². The predicted octanol–water partition coefficient (Wildman–Crippen LogP) is 2.64. The molecule has 1 amide bonds. The van der Waals surface area contributed by atoms with E-state index in [4.69, 9.17) is 0 Å². The minimum absolute atomic E-state index is 0.127. The molecule has 0 atom stereocenters. The highest BCUT2D eigenvalue weighted by Gasteiger charge is 2.11. The first kappa shape index (κ1) is 16.2.